The van der Waals surface area contributed by atoms with E-state index in [0.29, 0.717) is 25.9 Å². The van der Waals surface area contributed by atoms with Crippen molar-refractivity contribution in [3.8, 4) is 0 Å². The molecule has 2 amide bonds. The SMILES string of the molecule is O=C(NCCc1cccc(F)c1)C1C(=O)NCCC1O. The van der Waals surface area contributed by atoms with Crippen LogP contribution in [-0.4, -0.2) is 36.1 Å². The first-order valence-corrected chi connectivity index (χ1v) is 6.56. The Balaban J connectivity index is 1.84. The maximum absolute atomic E-state index is 13.0. The minimum atomic E-state index is -1.06. The van der Waals surface area contributed by atoms with Crippen molar-refractivity contribution in [1.29, 1.82) is 0 Å². The zero-order valence-electron chi connectivity index (χ0n) is 10.9. The number of nitrogens with one attached hydrogen (secondary N) is 2. The number of aliphatic hydroxyl groups is 1. The lowest BCUT2D eigenvalue weighted by Gasteiger charge is -2.26. The molecule has 2 atom stereocenters. The molecule has 0 bridgehead atoms. The van der Waals surface area contributed by atoms with Crippen LogP contribution in [0, 0.1) is 11.7 Å². The summed E-state index contributed by atoms with van der Waals surface area (Å²) in [6, 6.07) is 6.11. The predicted octanol–water partition coefficient (Wildman–Crippen LogP) is -0.0186. The lowest BCUT2D eigenvalue weighted by Crippen LogP contribution is -2.52. The van der Waals surface area contributed by atoms with E-state index < -0.39 is 23.8 Å². The smallest absolute Gasteiger partial charge is 0.235 e. The molecule has 0 aliphatic carbocycles. The van der Waals surface area contributed by atoms with Gasteiger partial charge in [-0.2, -0.15) is 0 Å². The second-order valence-corrected chi connectivity index (χ2v) is 4.80. The van der Waals surface area contributed by atoms with Crippen LogP contribution in [0.1, 0.15) is 12.0 Å². The van der Waals surface area contributed by atoms with Crippen molar-refractivity contribution < 1.29 is 19.1 Å². The first-order valence-electron chi connectivity index (χ1n) is 6.56. The number of aliphatic hydroxyl groups excluding tert-OH is 1. The summed E-state index contributed by atoms with van der Waals surface area (Å²) in [6.07, 6.45) is -0.111. The van der Waals surface area contributed by atoms with Crippen LogP contribution in [0.2, 0.25) is 0 Å². The number of halogens is 1. The van der Waals surface area contributed by atoms with Crippen molar-refractivity contribution in [2.24, 2.45) is 5.92 Å². The van der Waals surface area contributed by atoms with Crippen LogP contribution < -0.4 is 10.6 Å². The van der Waals surface area contributed by atoms with Gasteiger partial charge in [0.2, 0.25) is 11.8 Å². The molecular weight excluding hydrogens is 263 g/mol. The lowest BCUT2D eigenvalue weighted by atomic mass is 9.94. The van der Waals surface area contributed by atoms with Gasteiger partial charge in [0.1, 0.15) is 11.7 Å². The number of carbonyl (C=O) groups is 2. The summed E-state index contributed by atoms with van der Waals surface area (Å²) in [5.74, 6) is -2.33. The van der Waals surface area contributed by atoms with Crippen LogP contribution in [0.25, 0.3) is 0 Å². The van der Waals surface area contributed by atoms with Crippen LogP contribution in [0.5, 0.6) is 0 Å². The van der Waals surface area contributed by atoms with Crippen molar-refractivity contribution >= 4 is 11.8 Å². The molecule has 0 spiro atoms. The lowest BCUT2D eigenvalue weighted by molar-refractivity contribution is -0.142. The number of rotatable bonds is 4. The fourth-order valence-corrected chi connectivity index (χ4v) is 2.22. The van der Waals surface area contributed by atoms with Crippen LogP contribution in [0.15, 0.2) is 24.3 Å². The molecule has 108 valence electrons. The van der Waals surface area contributed by atoms with Crippen LogP contribution >= 0.6 is 0 Å². The van der Waals surface area contributed by atoms with E-state index in [1.165, 1.54) is 12.1 Å². The second kappa shape index (κ2) is 6.47. The summed E-state index contributed by atoms with van der Waals surface area (Å²) in [7, 11) is 0. The fourth-order valence-electron chi connectivity index (χ4n) is 2.22. The molecule has 2 unspecified atom stereocenters. The first-order chi connectivity index (χ1) is 9.58. The van der Waals surface area contributed by atoms with Gasteiger partial charge < -0.3 is 15.7 Å². The Kier molecular flexibility index (Phi) is 4.68. The third kappa shape index (κ3) is 3.54. The molecule has 0 saturated carbocycles. The van der Waals surface area contributed by atoms with Crippen LogP contribution in [0.4, 0.5) is 4.39 Å². The molecule has 1 aromatic carbocycles. The van der Waals surface area contributed by atoms with E-state index in [2.05, 4.69) is 10.6 Å². The Morgan fingerprint density at radius 2 is 2.30 bits per heavy atom. The van der Waals surface area contributed by atoms with E-state index in [0.717, 1.165) is 5.56 Å². The Labute approximate surface area is 116 Å². The molecule has 20 heavy (non-hydrogen) atoms. The van der Waals surface area contributed by atoms with Gasteiger partial charge in [-0.05, 0) is 30.5 Å². The molecule has 0 aromatic heterocycles. The monoisotopic (exact) mass is 280 g/mol. The molecule has 1 heterocycles. The maximum Gasteiger partial charge on any atom is 0.235 e. The number of benzene rings is 1. The number of piperidine rings is 1. The van der Waals surface area contributed by atoms with Crippen molar-refractivity contribution in [2.75, 3.05) is 13.1 Å². The molecule has 5 nitrogen and oxygen atoms in total. The standard InChI is InChI=1S/C14H17FN2O3/c15-10-3-1-2-9(8-10)4-6-16-13(19)12-11(18)5-7-17-14(12)20/h1-3,8,11-12,18H,4-7H2,(H,16,19)(H,17,20). The minimum absolute atomic E-state index is 0.290. The highest BCUT2D eigenvalue weighted by Gasteiger charge is 2.36. The first kappa shape index (κ1) is 14.5. The van der Waals surface area contributed by atoms with Crippen molar-refractivity contribution in [3.63, 3.8) is 0 Å². The quantitative estimate of drug-likeness (QED) is 0.678. The van der Waals surface area contributed by atoms with Gasteiger partial charge in [-0.3, -0.25) is 9.59 Å². The molecular formula is C14H17FN2O3. The third-order valence-electron chi connectivity index (χ3n) is 3.29. The fraction of sp³-hybridized carbons (Fsp3) is 0.429. The normalized spacial score (nSPS) is 22.2. The molecule has 2 rings (SSSR count). The van der Waals surface area contributed by atoms with Gasteiger partial charge in [-0.25, -0.2) is 4.39 Å². The summed E-state index contributed by atoms with van der Waals surface area (Å²) in [5, 5.41) is 14.8. The number of hydrogen-bond acceptors (Lipinski definition) is 3. The van der Waals surface area contributed by atoms with E-state index >= 15 is 0 Å². The Morgan fingerprint density at radius 1 is 1.50 bits per heavy atom. The van der Waals surface area contributed by atoms with Crippen LogP contribution in [0.3, 0.4) is 0 Å². The van der Waals surface area contributed by atoms with Gasteiger partial charge in [0.15, 0.2) is 0 Å². The van der Waals surface area contributed by atoms with E-state index in [9.17, 15) is 19.1 Å². The van der Waals surface area contributed by atoms with Gasteiger partial charge >= 0.3 is 0 Å². The highest BCUT2D eigenvalue weighted by Crippen LogP contribution is 2.12. The molecule has 6 heteroatoms. The summed E-state index contributed by atoms with van der Waals surface area (Å²) in [4.78, 5) is 23.4. The van der Waals surface area contributed by atoms with Crippen molar-refractivity contribution in [3.05, 3.63) is 35.6 Å². The van der Waals surface area contributed by atoms with Gasteiger partial charge in [0, 0.05) is 13.1 Å². The van der Waals surface area contributed by atoms with Crippen molar-refractivity contribution in [2.45, 2.75) is 18.9 Å². The molecule has 1 aliphatic heterocycles. The predicted molar refractivity (Wildman–Crippen MR) is 70.2 cm³/mol. The zero-order valence-corrected chi connectivity index (χ0v) is 10.9. The average molecular weight is 280 g/mol. The zero-order chi connectivity index (χ0) is 14.5. The third-order valence-corrected chi connectivity index (χ3v) is 3.29. The maximum atomic E-state index is 13.0. The van der Waals surface area contributed by atoms with Gasteiger partial charge in [-0.15, -0.1) is 0 Å². The molecule has 1 saturated heterocycles. The number of amides is 2. The van der Waals surface area contributed by atoms with Gasteiger partial charge in [-0.1, -0.05) is 12.1 Å². The second-order valence-electron chi connectivity index (χ2n) is 4.80. The van der Waals surface area contributed by atoms with Gasteiger partial charge in [0.05, 0.1) is 6.10 Å². The van der Waals surface area contributed by atoms with E-state index in [4.69, 9.17) is 0 Å². The molecule has 1 aliphatic rings. The molecule has 1 aromatic rings. The summed E-state index contributed by atoms with van der Waals surface area (Å²) < 4.78 is 13.0. The largest absolute Gasteiger partial charge is 0.392 e. The minimum Gasteiger partial charge on any atom is -0.392 e. The van der Waals surface area contributed by atoms with Gasteiger partial charge in [0.25, 0.3) is 0 Å². The van der Waals surface area contributed by atoms with E-state index in [-0.39, 0.29) is 5.82 Å². The Bertz CT molecular complexity index is 507. The van der Waals surface area contributed by atoms with E-state index in [1.54, 1.807) is 12.1 Å². The number of carbonyl (C=O) groups excluding carboxylic acids is 2. The van der Waals surface area contributed by atoms with E-state index in [1.807, 2.05) is 0 Å². The Hall–Kier alpha value is -1.95. The molecule has 1 fully saturated rings. The van der Waals surface area contributed by atoms with Crippen molar-refractivity contribution in [1.82, 2.24) is 10.6 Å². The van der Waals surface area contributed by atoms with Crippen LogP contribution in [-0.2, 0) is 16.0 Å². The topological polar surface area (TPSA) is 78.4 Å². The molecule has 3 N–H and O–H groups in total. The highest BCUT2D eigenvalue weighted by molar-refractivity contribution is 6.01. The highest BCUT2D eigenvalue weighted by atomic mass is 19.1. The summed E-state index contributed by atoms with van der Waals surface area (Å²) >= 11 is 0. The summed E-state index contributed by atoms with van der Waals surface area (Å²) in [6.45, 7) is 0.672. The average Bonchev–Trinajstić information content (AvgIpc) is 2.38. The number of hydrogen-bond donors (Lipinski definition) is 3. The summed E-state index contributed by atoms with van der Waals surface area (Å²) in [5.41, 5.74) is 0.763. The molecule has 0 radical (unpaired) electrons. The Morgan fingerprint density at radius 3 is 3.00 bits per heavy atom.